The second-order valence-corrected chi connectivity index (χ2v) is 6.26. The smallest absolute Gasteiger partial charge is 0.281 e. The van der Waals surface area contributed by atoms with E-state index in [4.69, 9.17) is 4.42 Å². The number of aryl methyl sites for hydroxylation is 1. The second kappa shape index (κ2) is 5.63. The molecule has 1 N–H and O–H groups in total. The summed E-state index contributed by atoms with van der Waals surface area (Å²) in [5.74, 6) is 1.18. The number of hydrogen-bond acceptors (Lipinski definition) is 4. The number of nitrogens with one attached hydrogen (secondary N) is 1. The van der Waals surface area contributed by atoms with Crippen molar-refractivity contribution in [3.05, 3.63) is 45.5 Å². The normalized spacial score (nSPS) is 18.1. The van der Waals surface area contributed by atoms with Gasteiger partial charge in [0.1, 0.15) is 5.76 Å². The molecule has 4 nitrogen and oxygen atoms in total. The zero-order chi connectivity index (χ0) is 13.9. The van der Waals surface area contributed by atoms with Crippen molar-refractivity contribution in [3.8, 4) is 0 Å². The summed E-state index contributed by atoms with van der Waals surface area (Å²) in [4.78, 5) is 14.1. The highest BCUT2D eigenvalue weighted by Crippen LogP contribution is 2.32. The molecule has 1 unspecified atom stereocenters. The molecule has 20 heavy (non-hydrogen) atoms. The minimum absolute atomic E-state index is 0.153. The molecular weight excluding hydrogens is 272 g/mol. The maximum absolute atomic E-state index is 12.0. The Bertz CT molecular complexity index is 628. The summed E-state index contributed by atoms with van der Waals surface area (Å²) in [6, 6.07) is 5.56. The first-order valence-electron chi connectivity index (χ1n) is 6.71. The van der Waals surface area contributed by atoms with Crippen LogP contribution in [0.15, 0.2) is 34.0 Å². The van der Waals surface area contributed by atoms with E-state index in [2.05, 4.69) is 17.5 Å². The van der Waals surface area contributed by atoms with Gasteiger partial charge in [-0.3, -0.25) is 4.79 Å². The van der Waals surface area contributed by atoms with Crippen molar-refractivity contribution in [1.82, 2.24) is 5.43 Å². The molecule has 0 spiro atoms. The third kappa shape index (κ3) is 2.82. The van der Waals surface area contributed by atoms with Gasteiger partial charge in [-0.1, -0.05) is 6.92 Å². The summed E-state index contributed by atoms with van der Waals surface area (Å²) in [6.07, 6.45) is 6.44. The number of carbonyl (C=O) groups is 1. The average Bonchev–Trinajstić information content (AvgIpc) is 3.06. The Morgan fingerprint density at radius 2 is 2.50 bits per heavy atom. The van der Waals surface area contributed by atoms with Crippen molar-refractivity contribution < 1.29 is 9.21 Å². The molecule has 0 fully saturated rings. The van der Waals surface area contributed by atoms with Crippen LogP contribution in [0.2, 0.25) is 0 Å². The molecule has 1 amide bonds. The summed E-state index contributed by atoms with van der Waals surface area (Å²) in [5, 5.41) is 3.90. The number of hydrogen-bond donors (Lipinski definition) is 1. The topological polar surface area (TPSA) is 54.6 Å². The van der Waals surface area contributed by atoms with Gasteiger partial charge in [0.15, 0.2) is 0 Å². The van der Waals surface area contributed by atoms with Crippen LogP contribution in [0, 0.1) is 5.92 Å². The number of rotatable bonds is 3. The number of furan rings is 1. The summed E-state index contributed by atoms with van der Waals surface area (Å²) in [7, 11) is 0. The van der Waals surface area contributed by atoms with Crippen LogP contribution in [0.5, 0.6) is 0 Å². The van der Waals surface area contributed by atoms with Crippen LogP contribution < -0.4 is 5.43 Å². The van der Waals surface area contributed by atoms with Gasteiger partial charge in [0.2, 0.25) is 0 Å². The van der Waals surface area contributed by atoms with Crippen LogP contribution in [0.4, 0.5) is 0 Å². The van der Waals surface area contributed by atoms with Crippen LogP contribution >= 0.6 is 11.3 Å². The molecule has 0 aliphatic heterocycles. The Morgan fingerprint density at radius 3 is 3.30 bits per heavy atom. The van der Waals surface area contributed by atoms with E-state index in [1.807, 2.05) is 6.07 Å². The third-order valence-electron chi connectivity index (χ3n) is 3.45. The van der Waals surface area contributed by atoms with Gasteiger partial charge in [-0.25, -0.2) is 5.43 Å². The molecule has 0 radical (unpaired) electrons. The molecule has 2 heterocycles. The summed E-state index contributed by atoms with van der Waals surface area (Å²) < 4.78 is 5.10. The number of hydrazone groups is 1. The van der Waals surface area contributed by atoms with Gasteiger partial charge in [-0.05, 0) is 48.9 Å². The fourth-order valence-electron chi connectivity index (χ4n) is 2.39. The highest BCUT2D eigenvalue weighted by atomic mass is 32.1. The molecule has 0 saturated heterocycles. The number of fused-ring (bicyclic) bond motifs is 1. The minimum Gasteiger partial charge on any atom is -0.463 e. The molecule has 2 aromatic heterocycles. The van der Waals surface area contributed by atoms with E-state index in [0.717, 1.165) is 17.7 Å². The minimum atomic E-state index is -0.153. The largest absolute Gasteiger partial charge is 0.463 e. The highest BCUT2D eigenvalue weighted by molar-refractivity contribution is 7.14. The van der Waals surface area contributed by atoms with Gasteiger partial charge in [0, 0.05) is 4.88 Å². The maximum Gasteiger partial charge on any atom is 0.281 e. The van der Waals surface area contributed by atoms with Crippen molar-refractivity contribution in [2.45, 2.75) is 26.2 Å². The monoisotopic (exact) mass is 288 g/mol. The van der Waals surface area contributed by atoms with E-state index in [1.165, 1.54) is 23.1 Å². The molecule has 1 aliphatic rings. The van der Waals surface area contributed by atoms with E-state index >= 15 is 0 Å². The molecular formula is C15H16N2O2S. The first-order valence-corrected chi connectivity index (χ1v) is 7.52. The molecule has 5 heteroatoms. The Hall–Kier alpha value is -1.88. The van der Waals surface area contributed by atoms with E-state index in [9.17, 15) is 4.79 Å². The maximum atomic E-state index is 12.0. The zero-order valence-corrected chi connectivity index (χ0v) is 12.1. The molecule has 3 rings (SSSR count). The van der Waals surface area contributed by atoms with Gasteiger partial charge >= 0.3 is 0 Å². The Kier molecular flexibility index (Phi) is 3.69. The summed E-state index contributed by atoms with van der Waals surface area (Å²) >= 11 is 1.58. The standard InChI is InChI=1S/C15H16N2O2S/c1-10-4-5-13-11(7-10)8-14(20-13)15(18)17-16-9-12-3-2-6-19-12/h2-3,6,8-10H,4-5,7H2,1H3,(H,17,18)/b16-9+. The van der Waals surface area contributed by atoms with E-state index in [-0.39, 0.29) is 5.91 Å². The van der Waals surface area contributed by atoms with Gasteiger partial charge < -0.3 is 4.42 Å². The fourth-order valence-corrected chi connectivity index (χ4v) is 3.49. The van der Waals surface area contributed by atoms with Crippen molar-refractivity contribution >= 4 is 23.5 Å². The van der Waals surface area contributed by atoms with Gasteiger partial charge in [0.05, 0.1) is 17.4 Å². The SMILES string of the molecule is CC1CCc2sc(C(=O)N/N=C/c3ccco3)cc2C1. The molecule has 1 aliphatic carbocycles. The lowest BCUT2D eigenvalue weighted by molar-refractivity contribution is 0.0959. The van der Waals surface area contributed by atoms with Crippen molar-refractivity contribution in [2.75, 3.05) is 0 Å². The highest BCUT2D eigenvalue weighted by Gasteiger charge is 2.20. The predicted octanol–water partition coefficient (Wildman–Crippen LogP) is 3.23. The van der Waals surface area contributed by atoms with Crippen molar-refractivity contribution in [3.63, 3.8) is 0 Å². The van der Waals surface area contributed by atoms with Gasteiger partial charge in [-0.2, -0.15) is 5.10 Å². The van der Waals surface area contributed by atoms with E-state index in [0.29, 0.717) is 11.7 Å². The van der Waals surface area contributed by atoms with Gasteiger partial charge in [0.25, 0.3) is 5.91 Å². The Balaban J connectivity index is 1.66. The number of carbonyl (C=O) groups excluding carboxylic acids is 1. The van der Waals surface area contributed by atoms with Crippen LogP contribution in [0.25, 0.3) is 0 Å². The summed E-state index contributed by atoms with van der Waals surface area (Å²) in [5.41, 5.74) is 3.87. The lowest BCUT2D eigenvalue weighted by Crippen LogP contribution is -2.16. The average molecular weight is 288 g/mol. The van der Waals surface area contributed by atoms with Crippen molar-refractivity contribution in [2.24, 2.45) is 11.0 Å². The molecule has 0 saturated carbocycles. The lowest BCUT2D eigenvalue weighted by Gasteiger charge is -2.16. The first-order chi connectivity index (χ1) is 9.72. The number of nitrogens with zero attached hydrogens (tertiary/aromatic N) is 1. The molecule has 2 aromatic rings. The van der Waals surface area contributed by atoms with Crippen LogP contribution in [-0.2, 0) is 12.8 Å². The second-order valence-electron chi connectivity index (χ2n) is 5.12. The lowest BCUT2D eigenvalue weighted by atomic mass is 9.90. The molecule has 0 aromatic carbocycles. The summed E-state index contributed by atoms with van der Waals surface area (Å²) in [6.45, 7) is 2.26. The zero-order valence-electron chi connectivity index (χ0n) is 11.3. The van der Waals surface area contributed by atoms with E-state index < -0.39 is 0 Å². The quantitative estimate of drug-likeness (QED) is 0.696. The van der Waals surface area contributed by atoms with Crippen molar-refractivity contribution in [1.29, 1.82) is 0 Å². The Labute approximate surface area is 121 Å². The molecule has 0 bridgehead atoms. The number of amides is 1. The fraction of sp³-hybridized carbons (Fsp3) is 0.333. The predicted molar refractivity (Wildman–Crippen MR) is 79.3 cm³/mol. The first kappa shape index (κ1) is 13.1. The van der Waals surface area contributed by atoms with Crippen LogP contribution in [0.3, 0.4) is 0 Å². The third-order valence-corrected chi connectivity index (χ3v) is 4.69. The van der Waals surface area contributed by atoms with Crippen LogP contribution in [0.1, 0.15) is 39.2 Å². The molecule has 1 atom stereocenters. The number of thiophene rings is 1. The van der Waals surface area contributed by atoms with E-state index in [1.54, 1.807) is 29.7 Å². The molecule has 104 valence electrons. The van der Waals surface area contributed by atoms with Crippen LogP contribution in [-0.4, -0.2) is 12.1 Å². The Morgan fingerprint density at radius 1 is 1.60 bits per heavy atom. The van der Waals surface area contributed by atoms with Gasteiger partial charge in [-0.15, -0.1) is 11.3 Å².